The van der Waals surface area contributed by atoms with Crippen LogP contribution < -0.4 is 4.74 Å². The molecule has 2 fully saturated rings. The summed E-state index contributed by atoms with van der Waals surface area (Å²) in [5.74, 6) is -0.904. The van der Waals surface area contributed by atoms with E-state index < -0.39 is 34.2 Å². The number of hydrogen-bond donors (Lipinski definition) is 1. The van der Waals surface area contributed by atoms with Crippen LogP contribution in [0.5, 0.6) is 11.5 Å². The first-order chi connectivity index (χ1) is 20.6. The fourth-order valence-corrected chi connectivity index (χ4v) is 5.73. The molecule has 2 aliphatic heterocycles. The van der Waals surface area contributed by atoms with Crippen LogP contribution in [0.15, 0.2) is 54.6 Å². The number of benzene rings is 2. The molecule has 0 unspecified atom stereocenters. The summed E-state index contributed by atoms with van der Waals surface area (Å²) in [6.45, 7) is 13.3. The monoisotopic (exact) mass is 610 g/mol. The first kappa shape index (κ1) is 34.6. The van der Waals surface area contributed by atoms with E-state index in [2.05, 4.69) is 12.1 Å². The van der Waals surface area contributed by atoms with Crippen molar-refractivity contribution in [1.82, 2.24) is 9.96 Å². The number of aromatic hydroxyl groups is 1. The highest BCUT2D eigenvalue weighted by atomic mass is 16.7. The van der Waals surface area contributed by atoms with E-state index in [4.69, 9.17) is 19.4 Å². The smallest absolute Gasteiger partial charge is 0.338 e. The number of amides is 3. The third-order valence-electron chi connectivity index (χ3n) is 7.56. The molecule has 10 heteroatoms. The topological polar surface area (TPSA) is 123 Å². The Labute approximate surface area is 260 Å². The van der Waals surface area contributed by atoms with Crippen molar-refractivity contribution in [1.29, 1.82) is 0 Å². The van der Waals surface area contributed by atoms with Crippen molar-refractivity contribution in [2.45, 2.75) is 79.2 Å². The number of morpholine rings is 1. The van der Waals surface area contributed by atoms with Crippen LogP contribution in [0.2, 0.25) is 0 Å². The normalized spacial score (nSPS) is 18.9. The maximum Gasteiger partial charge on any atom is 0.338 e. The fourth-order valence-electron chi connectivity index (χ4n) is 5.73. The first-order valence-electron chi connectivity index (χ1n) is 15.1. The summed E-state index contributed by atoms with van der Waals surface area (Å²) in [7, 11) is 0. The largest absolute Gasteiger partial charge is 0.504 e. The zero-order chi connectivity index (χ0) is 32.5. The number of phenols is 1. The van der Waals surface area contributed by atoms with Gasteiger partial charge < -0.3 is 24.3 Å². The summed E-state index contributed by atoms with van der Waals surface area (Å²) in [5.41, 5.74) is -0.793. The summed E-state index contributed by atoms with van der Waals surface area (Å²) >= 11 is 0. The minimum Gasteiger partial charge on any atom is -0.504 e. The van der Waals surface area contributed by atoms with Gasteiger partial charge in [0.25, 0.3) is 11.8 Å². The molecule has 3 amide bonds. The minimum atomic E-state index is -0.986. The standard InChI is InChI=1S/C26H36N2O6.C8H10O2/c1-24(2,17-25(3,4)23(32)34-28-20(29)11-12-21(28)30)16-22(31)27-13-14-33-26(5,18-27)15-19-9-7-6-8-10-19;1-2-10-8-6-4-3-5-7(8)9/h6-10H,11-18H2,1-5H3;3-6,9H,2H2,1H3/t26-;/m1./s1. The molecule has 0 radical (unpaired) electrons. The van der Waals surface area contributed by atoms with Gasteiger partial charge >= 0.3 is 5.97 Å². The molecule has 2 aromatic carbocycles. The Morgan fingerprint density at radius 1 is 0.977 bits per heavy atom. The van der Waals surface area contributed by atoms with Gasteiger partial charge in [-0.15, -0.1) is 5.06 Å². The van der Waals surface area contributed by atoms with Crippen molar-refractivity contribution in [3.8, 4) is 11.5 Å². The molecule has 1 N–H and O–H groups in total. The molecule has 240 valence electrons. The summed E-state index contributed by atoms with van der Waals surface area (Å²) in [6.07, 6.45) is 1.43. The van der Waals surface area contributed by atoms with E-state index >= 15 is 0 Å². The number of hydrogen-bond acceptors (Lipinski definition) is 8. The van der Waals surface area contributed by atoms with Crippen LogP contribution in [-0.4, -0.2) is 70.7 Å². The third-order valence-corrected chi connectivity index (χ3v) is 7.56. The van der Waals surface area contributed by atoms with Crippen LogP contribution in [0.3, 0.4) is 0 Å². The number of hydroxylamine groups is 2. The van der Waals surface area contributed by atoms with Crippen molar-refractivity contribution in [2.75, 3.05) is 26.3 Å². The van der Waals surface area contributed by atoms with Gasteiger partial charge in [-0.25, -0.2) is 4.79 Å². The van der Waals surface area contributed by atoms with Crippen LogP contribution in [0, 0.1) is 10.8 Å². The number of carbonyl (C=O) groups is 4. The van der Waals surface area contributed by atoms with Crippen LogP contribution >= 0.6 is 0 Å². The van der Waals surface area contributed by atoms with E-state index in [0.717, 1.165) is 5.56 Å². The molecular formula is C34H46N2O8. The predicted octanol–water partition coefficient (Wildman–Crippen LogP) is 5.08. The Morgan fingerprint density at radius 3 is 2.20 bits per heavy atom. The third kappa shape index (κ3) is 9.80. The first-order valence-corrected chi connectivity index (χ1v) is 15.1. The lowest BCUT2D eigenvalue weighted by molar-refractivity contribution is -0.205. The molecule has 2 saturated heterocycles. The number of nitrogens with zero attached hydrogens (tertiary/aromatic N) is 2. The molecule has 4 rings (SSSR count). The van der Waals surface area contributed by atoms with Gasteiger partial charge in [0.15, 0.2) is 11.5 Å². The lowest BCUT2D eigenvalue weighted by atomic mass is 9.73. The number of carbonyl (C=O) groups excluding carboxylic acids is 4. The Morgan fingerprint density at radius 2 is 1.59 bits per heavy atom. The highest BCUT2D eigenvalue weighted by Gasteiger charge is 2.42. The van der Waals surface area contributed by atoms with E-state index in [-0.39, 0.29) is 30.9 Å². The molecule has 2 aliphatic rings. The molecule has 0 bridgehead atoms. The molecule has 2 heterocycles. The van der Waals surface area contributed by atoms with Gasteiger partial charge in [-0.05, 0) is 57.2 Å². The van der Waals surface area contributed by atoms with Crippen molar-refractivity contribution >= 4 is 23.7 Å². The van der Waals surface area contributed by atoms with Gasteiger partial charge in [-0.3, -0.25) is 14.4 Å². The number of imide groups is 1. The Hall–Kier alpha value is -3.92. The Bertz CT molecular complexity index is 1290. The maximum atomic E-state index is 13.2. The number of phenolic OH excluding ortho intramolecular Hbond substituents is 1. The quantitative estimate of drug-likeness (QED) is 0.370. The molecule has 44 heavy (non-hydrogen) atoms. The lowest BCUT2D eigenvalue weighted by Crippen LogP contribution is -2.53. The number of ether oxygens (including phenoxy) is 2. The highest BCUT2D eigenvalue weighted by molar-refractivity contribution is 6.01. The Balaban J connectivity index is 0.000000448. The van der Waals surface area contributed by atoms with Crippen molar-refractivity contribution in [2.24, 2.45) is 10.8 Å². The lowest BCUT2D eigenvalue weighted by Gasteiger charge is -2.42. The van der Waals surface area contributed by atoms with E-state index in [0.29, 0.717) is 50.0 Å². The van der Waals surface area contributed by atoms with E-state index in [1.807, 2.05) is 56.9 Å². The highest BCUT2D eigenvalue weighted by Crippen LogP contribution is 2.38. The molecule has 0 aliphatic carbocycles. The second-order valence-corrected chi connectivity index (χ2v) is 13.0. The van der Waals surface area contributed by atoms with Gasteiger partial charge in [0.2, 0.25) is 5.91 Å². The summed E-state index contributed by atoms with van der Waals surface area (Å²) in [6, 6.07) is 17.0. The zero-order valence-electron chi connectivity index (χ0n) is 26.8. The molecule has 2 aromatic rings. The van der Waals surface area contributed by atoms with E-state index in [1.165, 1.54) is 0 Å². The fraction of sp³-hybridized carbons (Fsp3) is 0.529. The summed E-state index contributed by atoms with van der Waals surface area (Å²) in [4.78, 5) is 56.5. The van der Waals surface area contributed by atoms with Crippen LogP contribution in [0.4, 0.5) is 0 Å². The van der Waals surface area contributed by atoms with Crippen molar-refractivity contribution in [3.05, 3.63) is 60.2 Å². The van der Waals surface area contributed by atoms with Gasteiger partial charge in [0.1, 0.15) is 0 Å². The van der Waals surface area contributed by atoms with Gasteiger partial charge in [-0.1, -0.05) is 56.3 Å². The van der Waals surface area contributed by atoms with Crippen LogP contribution in [0.1, 0.15) is 72.8 Å². The zero-order valence-corrected chi connectivity index (χ0v) is 26.8. The average Bonchev–Trinajstić information content (AvgIpc) is 3.26. The van der Waals surface area contributed by atoms with Crippen molar-refractivity contribution in [3.63, 3.8) is 0 Å². The molecular weight excluding hydrogens is 564 g/mol. The van der Waals surface area contributed by atoms with Gasteiger partial charge in [0, 0.05) is 38.8 Å². The van der Waals surface area contributed by atoms with Gasteiger partial charge in [-0.2, -0.15) is 0 Å². The second-order valence-electron chi connectivity index (χ2n) is 13.0. The van der Waals surface area contributed by atoms with E-state index in [9.17, 15) is 19.2 Å². The predicted molar refractivity (Wildman–Crippen MR) is 164 cm³/mol. The molecule has 0 saturated carbocycles. The van der Waals surface area contributed by atoms with Crippen molar-refractivity contribution < 1.29 is 38.6 Å². The molecule has 0 aromatic heterocycles. The van der Waals surface area contributed by atoms with Crippen LogP contribution in [-0.2, 0) is 35.2 Å². The average molecular weight is 611 g/mol. The SMILES string of the molecule is CC(C)(CC(=O)N1CCO[C@](C)(Cc2ccccc2)C1)CC(C)(C)C(=O)ON1C(=O)CCC1=O.CCOc1ccccc1O. The molecule has 1 atom stereocenters. The maximum absolute atomic E-state index is 13.2. The minimum absolute atomic E-state index is 0.0154. The van der Waals surface area contributed by atoms with Crippen LogP contribution in [0.25, 0.3) is 0 Å². The molecule has 10 nitrogen and oxygen atoms in total. The second kappa shape index (κ2) is 14.7. The Kier molecular flexibility index (Phi) is 11.6. The van der Waals surface area contributed by atoms with Gasteiger partial charge in [0.05, 0.1) is 24.2 Å². The number of rotatable bonds is 10. The number of para-hydroxylation sites is 2. The molecule has 0 spiro atoms. The summed E-state index contributed by atoms with van der Waals surface area (Å²) in [5, 5.41) is 9.69. The van der Waals surface area contributed by atoms with E-state index in [1.54, 1.807) is 32.0 Å². The summed E-state index contributed by atoms with van der Waals surface area (Å²) < 4.78 is 11.1.